The molecule has 4 nitrogen and oxygen atoms in total. The predicted octanol–water partition coefficient (Wildman–Crippen LogP) is 1.72. The van der Waals surface area contributed by atoms with Crippen molar-refractivity contribution in [2.24, 2.45) is 5.92 Å². The summed E-state index contributed by atoms with van der Waals surface area (Å²) < 4.78 is 0. The minimum absolute atomic E-state index is 0.0580. The SMILES string of the molecule is Cc1ccccc1CC(=O)N(C)CC(C)C(=O)O. The summed E-state index contributed by atoms with van der Waals surface area (Å²) in [5, 5.41) is 8.81. The van der Waals surface area contributed by atoms with Gasteiger partial charge in [0, 0.05) is 13.6 Å². The average molecular weight is 249 g/mol. The molecular weight excluding hydrogens is 230 g/mol. The molecule has 0 spiro atoms. The van der Waals surface area contributed by atoms with Crippen LogP contribution < -0.4 is 0 Å². The molecule has 98 valence electrons. The van der Waals surface area contributed by atoms with E-state index in [0.29, 0.717) is 6.42 Å². The number of hydrogen-bond donors (Lipinski definition) is 1. The van der Waals surface area contributed by atoms with Gasteiger partial charge in [0.25, 0.3) is 0 Å². The van der Waals surface area contributed by atoms with Gasteiger partial charge in [0.05, 0.1) is 12.3 Å². The smallest absolute Gasteiger partial charge is 0.308 e. The Labute approximate surface area is 107 Å². The maximum absolute atomic E-state index is 12.0. The topological polar surface area (TPSA) is 57.6 Å². The van der Waals surface area contributed by atoms with E-state index in [1.807, 2.05) is 31.2 Å². The first-order valence-electron chi connectivity index (χ1n) is 5.93. The molecule has 4 heteroatoms. The fourth-order valence-electron chi connectivity index (χ4n) is 1.70. The maximum atomic E-state index is 12.0. The molecule has 0 bridgehead atoms. The van der Waals surface area contributed by atoms with Crippen molar-refractivity contribution in [1.82, 2.24) is 4.90 Å². The molecule has 18 heavy (non-hydrogen) atoms. The molecule has 0 heterocycles. The van der Waals surface area contributed by atoms with E-state index < -0.39 is 11.9 Å². The van der Waals surface area contributed by atoms with Gasteiger partial charge in [0.2, 0.25) is 5.91 Å². The number of carboxylic acid groups (broad SMARTS) is 1. The quantitative estimate of drug-likeness (QED) is 0.864. The standard InChI is InChI=1S/C14H19NO3/c1-10-6-4-5-7-12(10)8-13(16)15(3)9-11(2)14(17)18/h4-7,11H,8-9H2,1-3H3,(H,17,18). The Hall–Kier alpha value is -1.84. The van der Waals surface area contributed by atoms with Crippen LogP contribution in [0.3, 0.4) is 0 Å². The average Bonchev–Trinajstić information content (AvgIpc) is 2.31. The molecule has 0 saturated heterocycles. The summed E-state index contributed by atoms with van der Waals surface area (Å²) in [5.41, 5.74) is 2.06. The Morgan fingerprint density at radius 1 is 1.33 bits per heavy atom. The van der Waals surface area contributed by atoms with Crippen molar-refractivity contribution in [2.75, 3.05) is 13.6 Å². The van der Waals surface area contributed by atoms with Gasteiger partial charge in [-0.1, -0.05) is 31.2 Å². The van der Waals surface area contributed by atoms with E-state index >= 15 is 0 Å². The lowest BCUT2D eigenvalue weighted by atomic mass is 10.1. The Balaban J connectivity index is 2.61. The second-order valence-electron chi connectivity index (χ2n) is 4.62. The minimum Gasteiger partial charge on any atom is -0.481 e. The van der Waals surface area contributed by atoms with E-state index in [1.165, 1.54) is 4.90 Å². The maximum Gasteiger partial charge on any atom is 0.308 e. The number of aryl methyl sites for hydroxylation is 1. The number of benzene rings is 1. The zero-order valence-corrected chi connectivity index (χ0v) is 11.0. The van der Waals surface area contributed by atoms with E-state index in [4.69, 9.17) is 5.11 Å². The molecule has 1 aromatic rings. The number of likely N-dealkylation sites (N-methyl/N-ethyl adjacent to an activating group) is 1. The Kier molecular flexibility index (Phi) is 4.89. The summed E-state index contributed by atoms with van der Waals surface area (Å²) in [6.07, 6.45) is 0.315. The largest absolute Gasteiger partial charge is 0.481 e. The van der Waals surface area contributed by atoms with Crippen LogP contribution in [0, 0.1) is 12.8 Å². The highest BCUT2D eigenvalue weighted by Crippen LogP contribution is 2.09. The summed E-state index contributed by atoms with van der Waals surface area (Å²) in [5.74, 6) is -1.49. The fraction of sp³-hybridized carbons (Fsp3) is 0.429. The second kappa shape index (κ2) is 6.19. The predicted molar refractivity (Wildman–Crippen MR) is 69.3 cm³/mol. The number of rotatable bonds is 5. The number of carbonyl (C=O) groups is 2. The van der Waals surface area contributed by atoms with Gasteiger partial charge in [0.1, 0.15) is 0 Å². The molecule has 1 aromatic carbocycles. The molecule has 0 radical (unpaired) electrons. The van der Waals surface area contributed by atoms with Crippen molar-refractivity contribution >= 4 is 11.9 Å². The first-order chi connectivity index (χ1) is 8.41. The molecular formula is C14H19NO3. The third-order valence-electron chi connectivity index (χ3n) is 3.00. The van der Waals surface area contributed by atoms with E-state index in [2.05, 4.69) is 0 Å². The van der Waals surface area contributed by atoms with Gasteiger partial charge in [-0.3, -0.25) is 9.59 Å². The zero-order valence-electron chi connectivity index (χ0n) is 11.0. The van der Waals surface area contributed by atoms with Crippen LogP contribution in [0.15, 0.2) is 24.3 Å². The summed E-state index contributed by atoms with van der Waals surface area (Å²) in [6.45, 7) is 3.79. The van der Waals surface area contributed by atoms with Gasteiger partial charge < -0.3 is 10.0 Å². The Bertz CT molecular complexity index is 442. The molecule has 0 aliphatic rings. The normalized spacial score (nSPS) is 11.9. The Morgan fingerprint density at radius 3 is 2.50 bits per heavy atom. The summed E-state index contributed by atoms with van der Waals surface area (Å²) >= 11 is 0. The first kappa shape index (κ1) is 14.2. The molecule has 1 rings (SSSR count). The van der Waals surface area contributed by atoms with Crippen LogP contribution in [0.2, 0.25) is 0 Å². The molecule has 0 saturated carbocycles. The van der Waals surface area contributed by atoms with Crippen molar-refractivity contribution in [2.45, 2.75) is 20.3 Å². The number of carbonyl (C=O) groups excluding carboxylic acids is 1. The molecule has 0 aromatic heterocycles. The highest BCUT2D eigenvalue weighted by molar-refractivity contribution is 5.79. The molecule has 1 atom stereocenters. The van der Waals surface area contributed by atoms with Crippen molar-refractivity contribution < 1.29 is 14.7 Å². The van der Waals surface area contributed by atoms with Crippen LogP contribution in [-0.2, 0) is 16.0 Å². The van der Waals surface area contributed by atoms with Crippen LogP contribution in [-0.4, -0.2) is 35.5 Å². The van der Waals surface area contributed by atoms with Crippen LogP contribution in [0.4, 0.5) is 0 Å². The van der Waals surface area contributed by atoms with E-state index in [0.717, 1.165) is 11.1 Å². The zero-order chi connectivity index (χ0) is 13.7. The summed E-state index contributed by atoms with van der Waals surface area (Å²) in [7, 11) is 1.64. The van der Waals surface area contributed by atoms with E-state index in [-0.39, 0.29) is 12.5 Å². The second-order valence-corrected chi connectivity index (χ2v) is 4.62. The minimum atomic E-state index is -0.884. The van der Waals surface area contributed by atoms with E-state index in [9.17, 15) is 9.59 Å². The van der Waals surface area contributed by atoms with Crippen molar-refractivity contribution in [1.29, 1.82) is 0 Å². The fourth-order valence-corrected chi connectivity index (χ4v) is 1.70. The first-order valence-corrected chi connectivity index (χ1v) is 5.93. The van der Waals surface area contributed by atoms with Crippen LogP contribution >= 0.6 is 0 Å². The number of carboxylic acids is 1. The van der Waals surface area contributed by atoms with Gasteiger partial charge in [-0.2, -0.15) is 0 Å². The van der Waals surface area contributed by atoms with Crippen molar-refractivity contribution in [3.8, 4) is 0 Å². The van der Waals surface area contributed by atoms with Gasteiger partial charge in [-0.05, 0) is 18.1 Å². The third-order valence-corrected chi connectivity index (χ3v) is 3.00. The number of amides is 1. The van der Waals surface area contributed by atoms with Crippen LogP contribution in [0.25, 0.3) is 0 Å². The van der Waals surface area contributed by atoms with Crippen molar-refractivity contribution in [3.63, 3.8) is 0 Å². The van der Waals surface area contributed by atoms with Gasteiger partial charge in [0.15, 0.2) is 0 Å². The lowest BCUT2D eigenvalue weighted by Crippen LogP contribution is -2.34. The lowest BCUT2D eigenvalue weighted by Gasteiger charge is -2.19. The molecule has 0 aliphatic heterocycles. The summed E-state index contributed by atoms with van der Waals surface area (Å²) in [4.78, 5) is 24.2. The van der Waals surface area contributed by atoms with Crippen molar-refractivity contribution in [3.05, 3.63) is 35.4 Å². The number of hydrogen-bond acceptors (Lipinski definition) is 2. The Morgan fingerprint density at radius 2 is 1.94 bits per heavy atom. The monoisotopic (exact) mass is 249 g/mol. The van der Waals surface area contributed by atoms with E-state index in [1.54, 1.807) is 14.0 Å². The van der Waals surface area contributed by atoms with Crippen LogP contribution in [0.5, 0.6) is 0 Å². The third kappa shape index (κ3) is 3.87. The molecule has 1 unspecified atom stereocenters. The van der Waals surface area contributed by atoms with Gasteiger partial charge in [-0.25, -0.2) is 0 Å². The molecule has 1 N–H and O–H groups in total. The van der Waals surface area contributed by atoms with Gasteiger partial charge in [-0.15, -0.1) is 0 Å². The highest BCUT2D eigenvalue weighted by Gasteiger charge is 2.17. The van der Waals surface area contributed by atoms with Gasteiger partial charge >= 0.3 is 5.97 Å². The molecule has 1 amide bonds. The lowest BCUT2D eigenvalue weighted by molar-refractivity contribution is -0.142. The number of nitrogens with zero attached hydrogens (tertiary/aromatic N) is 1. The summed E-state index contributed by atoms with van der Waals surface area (Å²) in [6, 6.07) is 7.71. The molecule has 0 fully saturated rings. The van der Waals surface area contributed by atoms with Crippen LogP contribution in [0.1, 0.15) is 18.1 Å². The number of aliphatic carboxylic acids is 1. The molecule has 0 aliphatic carbocycles. The highest BCUT2D eigenvalue weighted by atomic mass is 16.4.